The van der Waals surface area contributed by atoms with Crippen molar-refractivity contribution in [1.29, 1.82) is 0 Å². The van der Waals surface area contributed by atoms with E-state index in [0.717, 1.165) is 10.4 Å². The molecule has 0 fully saturated rings. The first-order chi connectivity index (χ1) is 10.2. The van der Waals surface area contributed by atoms with Crippen molar-refractivity contribution in [3.05, 3.63) is 21.4 Å². The third-order valence-corrected chi connectivity index (χ3v) is 4.70. The molecule has 0 saturated carbocycles. The smallest absolute Gasteiger partial charge is 0.410 e. The number of likely N-dealkylation sites (N-methyl/N-ethyl adjacent to an activating group) is 1. The van der Waals surface area contributed by atoms with Gasteiger partial charge in [0, 0.05) is 34.3 Å². The molecule has 122 valence electrons. The third kappa shape index (κ3) is 3.58. The maximum Gasteiger partial charge on any atom is 0.410 e. The molecule has 0 aliphatic heterocycles. The van der Waals surface area contributed by atoms with Gasteiger partial charge in [0.15, 0.2) is 0 Å². The Bertz CT molecular complexity index is 579. The van der Waals surface area contributed by atoms with E-state index in [0.29, 0.717) is 24.8 Å². The predicted molar refractivity (Wildman–Crippen MR) is 80.7 cm³/mol. The van der Waals surface area contributed by atoms with E-state index < -0.39 is 11.6 Å². The van der Waals surface area contributed by atoms with Crippen molar-refractivity contribution < 1.29 is 23.8 Å². The lowest BCUT2D eigenvalue weighted by atomic mass is 9.91. The van der Waals surface area contributed by atoms with Gasteiger partial charge in [0.25, 0.3) is 0 Å². The van der Waals surface area contributed by atoms with Crippen LogP contribution in [0, 0.1) is 0 Å². The van der Waals surface area contributed by atoms with Gasteiger partial charge in [-0.05, 0) is 39.2 Å². The normalized spacial score (nSPS) is 17.6. The Labute approximate surface area is 132 Å². The molecule has 0 saturated heterocycles. The van der Waals surface area contributed by atoms with Crippen LogP contribution in [0.1, 0.15) is 48.0 Å². The second-order valence-electron chi connectivity index (χ2n) is 6.40. The summed E-state index contributed by atoms with van der Waals surface area (Å²) in [6.45, 7) is 5.48. The summed E-state index contributed by atoms with van der Waals surface area (Å²) < 4.78 is 17.4. The molecule has 5 nitrogen and oxygen atoms in total. The van der Waals surface area contributed by atoms with Crippen LogP contribution in [0.3, 0.4) is 0 Å². The minimum atomic E-state index is -0.948. The summed E-state index contributed by atoms with van der Waals surface area (Å²) in [5.41, 5.74) is 0.592. The van der Waals surface area contributed by atoms with Gasteiger partial charge < -0.3 is 9.64 Å². The molecule has 0 spiro atoms. The van der Waals surface area contributed by atoms with Gasteiger partial charge in [-0.15, -0.1) is 11.3 Å². The summed E-state index contributed by atoms with van der Waals surface area (Å²) >= 11 is 1.40. The van der Waals surface area contributed by atoms with Crippen LogP contribution >= 0.6 is 11.3 Å². The van der Waals surface area contributed by atoms with Crippen LogP contribution < -0.4 is 0 Å². The molecule has 1 aromatic rings. The Kier molecular flexibility index (Phi) is 4.75. The summed E-state index contributed by atoms with van der Waals surface area (Å²) in [4.78, 5) is 29.4. The molecule has 1 atom stereocenters. The minimum absolute atomic E-state index is 0.00949. The highest BCUT2D eigenvalue weighted by Crippen LogP contribution is 2.32. The monoisotopic (exact) mass is 329 g/mol. The molecule has 1 heterocycles. The molecule has 7 heteroatoms. The third-order valence-electron chi connectivity index (χ3n) is 3.65. The maximum atomic E-state index is 12.1. The van der Waals surface area contributed by atoms with Crippen molar-refractivity contribution in [3.8, 4) is 0 Å². The molecule has 0 aromatic carbocycles. The number of hydrogen-bond acceptors (Lipinski definition) is 5. The number of ether oxygens (including phenoxy) is 1. The van der Waals surface area contributed by atoms with Crippen molar-refractivity contribution in [3.63, 3.8) is 0 Å². The number of hydrogen-bond donors (Lipinski definition) is 0. The van der Waals surface area contributed by atoms with Crippen molar-refractivity contribution in [1.82, 2.24) is 4.90 Å². The van der Waals surface area contributed by atoms with E-state index in [1.54, 1.807) is 17.3 Å². The number of carbonyl (C=O) groups is 2. The Morgan fingerprint density at radius 2 is 2.09 bits per heavy atom. The molecule has 0 bridgehead atoms. The van der Waals surface area contributed by atoms with E-state index >= 15 is 0 Å². The van der Waals surface area contributed by atoms with Crippen molar-refractivity contribution >= 4 is 23.4 Å². The van der Waals surface area contributed by atoms with E-state index in [2.05, 4.69) is 4.94 Å². The zero-order chi connectivity index (χ0) is 16.5. The van der Waals surface area contributed by atoms with Gasteiger partial charge in [-0.3, -0.25) is 0 Å². The standard InChI is InChI=1S/C15H20FNO4S/c1-15(2,3)20-14(19)17(4)9-5-6-10-11(13(18)21-16)8-22-12(10)7-9/h8-9H,5-7H2,1-4H3. The van der Waals surface area contributed by atoms with Crippen LogP contribution in [0.25, 0.3) is 0 Å². The Hall–Kier alpha value is -1.63. The number of fused-ring (bicyclic) bond motifs is 1. The average molecular weight is 329 g/mol. The van der Waals surface area contributed by atoms with Crippen LogP contribution in [-0.2, 0) is 22.5 Å². The molecular formula is C15H20FNO4S. The lowest BCUT2D eigenvalue weighted by Crippen LogP contribution is -2.43. The van der Waals surface area contributed by atoms with E-state index in [4.69, 9.17) is 4.74 Å². The molecule has 1 amide bonds. The number of halogens is 1. The zero-order valence-electron chi connectivity index (χ0n) is 13.1. The fourth-order valence-electron chi connectivity index (χ4n) is 2.52. The molecule has 22 heavy (non-hydrogen) atoms. The molecule has 1 unspecified atom stereocenters. The Morgan fingerprint density at radius 3 is 2.68 bits per heavy atom. The van der Waals surface area contributed by atoms with Gasteiger partial charge in [0.1, 0.15) is 5.60 Å². The number of carbonyl (C=O) groups excluding carboxylic acids is 2. The highest BCUT2D eigenvalue weighted by Gasteiger charge is 2.31. The fourth-order valence-corrected chi connectivity index (χ4v) is 3.66. The lowest BCUT2D eigenvalue weighted by Gasteiger charge is -2.33. The van der Waals surface area contributed by atoms with Gasteiger partial charge in [-0.1, -0.05) is 0 Å². The quantitative estimate of drug-likeness (QED) is 0.833. The first kappa shape index (κ1) is 16.7. The van der Waals surface area contributed by atoms with Crippen LogP contribution in [0.5, 0.6) is 0 Å². The summed E-state index contributed by atoms with van der Waals surface area (Å²) in [5.74, 6) is -0.948. The first-order valence-electron chi connectivity index (χ1n) is 7.11. The first-order valence-corrected chi connectivity index (χ1v) is 7.99. The lowest BCUT2D eigenvalue weighted by molar-refractivity contribution is -0.0788. The van der Waals surface area contributed by atoms with Crippen LogP contribution in [0.2, 0.25) is 0 Å². The van der Waals surface area contributed by atoms with Crippen LogP contribution in [0.4, 0.5) is 9.32 Å². The van der Waals surface area contributed by atoms with E-state index in [-0.39, 0.29) is 12.1 Å². The van der Waals surface area contributed by atoms with E-state index in [1.807, 2.05) is 20.8 Å². The molecule has 1 aromatic heterocycles. The molecular weight excluding hydrogens is 309 g/mol. The summed E-state index contributed by atoms with van der Waals surface area (Å²) in [6, 6.07) is 0.00949. The number of nitrogens with zero attached hydrogens (tertiary/aromatic N) is 1. The molecule has 1 aliphatic rings. The van der Waals surface area contributed by atoms with Crippen molar-refractivity contribution in [2.45, 2.75) is 51.7 Å². The molecule has 1 aliphatic carbocycles. The van der Waals surface area contributed by atoms with E-state index in [1.165, 1.54) is 11.3 Å². The second-order valence-corrected chi connectivity index (χ2v) is 7.37. The highest BCUT2D eigenvalue weighted by molar-refractivity contribution is 7.10. The topological polar surface area (TPSA) is 55.8 Å². The minimum Gasteiger partial charge on any atom is -0.444 e. The molecule has 0 radical (unpaired) electrons. The maximum absolute atomic E-state index is 12.1. The number of thiophene rings is 1. The Morgan fingerprint density at radius 1 is 1.41 bits per heavy atom. The second kappa shape index (κ2) is 6.24. The fraction of sp³-hybridized carbons (Fsp3) is 0.600. The molecule has 2 rings (SSSR count). The van der Waals surface area contributed by atoms with Gasteiger partial charge in [0.05, 0.1) is 5.56 Å². The molecule has 0 N–H and O–H groups in total. The van der Waals surface area contributed by atoms with Gasteiger partial charge >= 0.3 is 12.1 Å². The van der Waals surface area contributed by atoms with Gasteiger partial charge in [-0.2, -0.15) is 0 Å². The number of amides is 1. The Balaban J connectivity index is 2.08. The average Bonchev–Trinajstić information content (AvgIpc) is 2.86. The van der Waals surface area contributed by atoms with Crippen molar-refractivity contribution in [2.75, 3.05) is 7.05 Å². The summed E-state index contributed by atoms with van der Waals surface area (Å²) in [7, 11) is 1.72. The van der Waals surface area contributed by atoms with Crippen LogP contribution in [0.15, 0.2) is 5.38 Å². The van der Waals surface area contributed by atoms with Gasteiger partial charge in [-0.25, -0.2) is 14.5 Å². The highest BCUT2D eigenvalue weighted by atomic mass is 32.1. The predicted octanol–water partition coefficient (Wildman–Crippen LogP) is 3.51. The van der Waals surface area contributed by atoms with Crippen LogP contribution in [-0.4, -0.2) is 35.7 Å². The SMILES string of the molecule is CN(C(=O)OC(C)(C)C)C1CCc2c(C(=O)OF)csc2C1. The summed E-state index contributed by atoms with van der Waals surface area (Å²) in [5, 5.41) is 1.61. The van der Waals surface area contributed by atoms with Crippen molar-refractivity contribution in [2.24, 2.45) is 0 Å². The zero-order valence-corrected chi connectivity index (χ0v) is 14.0. The van der Waals surface area contributed by atoms with E-state index in [9.17, 15) is 14.1 Å². The largest absolute Gasteiger partial charge is 0.444 e. The summed E-state index contributed by atoms with van der Waals surface area (Å²) in [6.07, 6.45) is 1.59. The van der Waals surface area contributed by atoms with Gasteiger partial charge in [0.2, 0.25) is 0 Å². The number of rotatable bonds is 2.